The van der Waals surface area contributed by atoms with Gasteiger partial charge in [-0.25, -0.2) is 4.98 Å². The fourth-order valence-electron chi connectivity index (χ4n) is 2.83. The molecule has 1 aromatic carbocycles. The van der Waals surface area contributed by atoms with Crippen molar-refractivity contribution in [2.75, 3.05) is 12.4 Å². The Labute approximate surface area is 142 Å². The third-order valence-corrected chi connectivity index (χ3v) is 4.89. The number of aromatic nitrogens is 2. The molecule has 0 saturated carbocycles. The number of carbonyl (C=O) groups excluding carboxylic acids is 1. The maximum atomic E-state index is 12.0. The molecule has 0 aliphatic rings. The minimum atomic E-state index is -0.191. The Balaban J connectivity index is 1.76. The Bertz CT molecular complexity index is 1020. The molecule has 0 saturated heterocycles. The summed E-state index contributed by atoms with van der Waals surface area (Å²) in [5.74, 6) is -0.191. The monoisotopic (exact) mass is 336 g/mol. The second-order valence-electron chi connectivity index (χ2n) is 5.48. The van der Waals surface area contributed by atoms with E-state index in [1.807, 2.05) is 18.2 Å². The van der Waals surface area contributed by atoms with Crippen LogP contribution in [-0.4, -0.2) is 22.9 Å². The van der Waals surface area contributed by atoms with Gasteiger partial charge >= 0.3 is 0 Å². The second-order valence-corrected chi connectivity index (χ2v) is 6.51. The second kappa shape index (κ2) is 5.98. The molecular formula is C18H16N4OS. The number of pyridine rings is 1. The average Bonchev–Trinajstić information content (AvgIpc) is 3.26. The number of amides is 1. The number of carbonyl (C=O) groups is 1. The molecule has 0 atom stereocenters. The molecule has 120 valence electrons. The Kier molecular flexibility index (Phi) is 3.66. The van der Waals surface area contributed by atoms with E-state index in [2.05, 4.69) is 44.2 Å². The molecule has 1 amide bonds. The van der Waals surface area contributed by atoms with E-state index in [-0.39, 0.29) is 5.91 Å². The third kappa shape index (κ3) is 2.51. The first-order valence-electron chi connectivity index (χ1n) is 7.65. The maximum Gasteiger partial charge on any atom is 0.271 e. The Morgan fingerprint density at radius 3 is 2.96 bits per heavy atom. The zero-order chi connectivity index (χ0) is 16.5. The highest BCUT2D eigenvalue weighted by atomic mass is 32.1. The summed E-state index contributed by atoms with van der Waals surface area (Å²) in [7, 11) is 1.61. The Morgan fingerprint density at radius 2 is 2.17 bits per heavy atom. The lowest BCUT2D eigenvalue weighted by atomic mass is 10.1. The molecule has 0 unspecified atom stereocenters. The van der Waals surface area contributed by atoms with E-state index < -0.39 is 0 Å². The van der Waals surface area contributed by atoms with Crippen LogP contribution in [0, 0.1) is 0 Å². The molecule has 4 rings (SSSR count). The molecule has 24 heavy (non-hydrogen) atoms. The molecule has 0 fully saturated rings. The minimum Gasteiger partial charge on any atom is -0.380 e. The number of H-pyrrole nitrogens is 1. The molecule has 0 radical (unpaired) electrons. The quantitative estimate of drug-likeness (QED) is 0.531. The SMILES string of the molecule is CNC(=O)c1nccc2c1[nH]c1ccc(NCc3cccs3)cc12. The summed E-state index contributed by atoms with van der Waals surface area (Å²) < 4.78 is 0. The van der Waals surface area contributed by atoms with Gasteiger partial charge in [-0.05, 0) is 35.7 Å². The van der Waals surface area contributed by atoms with Crippen LogP contribution >= 0.6 is 11.3 Å². The number of nitrogens with one attached hydrogen (secondary N) is 3. The smallest absolute Gasteiger partial charge is 0.271 e. The number of fused-ring (bicyclic) bond motifs is 3. The maximum absolute atomic E-state index is 12.0. The molecule has 4 aromatic rings. The van der Waals surface area contributed by atoms with Gasteiger partial charge in [0.15, 0.2) is 5.69 Å². The molecule has 3 N–H and O–H groups in total. The molecule has 3 heterocycles. The normalized spacial score (nSPS) is 11.0. The summed E-state index contributed by atoms with van der Waals surface area (Å²) in [6, 6.07) is 12.3. The number of thiophene rings is 1. The van der Waals surface area contributed by atoms with Gasteiger partial charge in [-0.3, -0.25) is 4.79 Å². The Morgan fingerprint density at radius 1 is 1.25 bits per heavy atom. The highest BCUT2D eigenvalue weighted by molar-refractivity contribution is 7.09. The van der Waals surface area contributed by atoms with Crippen LogP contribution in [0.3, 0.4) is 0 Å². The van der Waals surface area contributed by atoms with Crippen molar-refractivity contribution in [1.29, 1.82) is 0 Å². The van der Waals surface area contributed by atoms with Gasteiger partial charge in [0.05, 0.1) is 5.52 Å². The van der Waals surface area contributed by atoms with Gasteiger partial charge in [-0.2, -0.15) is 0 Å². The predicted octanol–water partition coefficient (Wildman–Crippen LogP) is 3.75. The van der Waals surface area contributed by atoms with Crippen LogP contribution in [0.2, 0.25) is 0 Å². The van der Waals surface area contributed by atoms with Crippen LogP contribution in [0.4, 0.5) is 5.69 Å². The van der Waals surface area contributed by atoms with Crippen molar-refractivity contribution in [2.24, 2.45) is 0 Å². The number of nitrogens with zero attached hydrogens (tertiary/aromatic N) is 1. The van der Waals surface area contributed by atoms with E-state index in [1.165, 1.54) is 4.88 Å². The summed E-state index contributed by atoms with van der Waals surface area (Å²) in [6.45, 7) is 0.802. The number of hydrogen-bond acceptors (Lipinski definition) is 4. The van der Waals surface area contributed by atoms with Gasteiger partial charge in [0.1, 0.15) is 0 Å². The van der Waals surface area contributed by atoms with E-state index >= 15 is 0 Å². The minimum absolute atomic E-state index is 0.191. The standard InChI is InChI=1S/C18H16N4OS/c1-19-18(23)17-16-13(6-7-20-17)14-9-11(4-5-15(14)22-16)21-10-12-3-2-8-24-12/h2-9,21-22H,10H2,1H3,(H,19,23). The zero-order valence-electron chi connectivity index (χ0n) is 13.1. The van der Waals surface area contributed by atoms with Gasteiger partial charge in [-0.15, -0.1) is 11.3 Å². The fourth-order valence-corrected chi connectivity index (χ4v) is 3.47. The Hall–Kier alpha value is -2.86. The van der Waals surface area contributed by atoms with Crippen LogP contribution < -0.4 is 10.6 Å². The van der Waals surface area contributed by atoms with Gasteiger partial charge in [0.2, 0.25) is 0 Å². The van der Waals surface area contributed by atoms with Crippen LogP contribution in [-0.2, 0) is 6.54 Å². The number of benzene rings is 1. The molecule has 0 bridgehead atoms. The van der Waals surface area contributed by atoms with Gasteiger partial charge in [-0.1, -0.05) is 6.07 Å². The fraction of sp³-hybridized carbons (Fsp3) is 0.111. The first kappa shape index (κ1) is 14.7. The van der Waals surface area contributed by atoms with Crippen LogP contribution in [0.15, 0.2) is 48.0 Å². The molecule has 3 aromatic heterocycles. The molecule has 0 spiro atoms. The van der Waals surface area contributed by atoms with Crippen molar-refractivity contribution in [3.8, 4) is 0 Å². The summed E-state index contributed by atoms with van der Waals surface area (Å²) in [5.41, 5.74) is 3.22. The predicted molar refractivity (Wildman–Crippen MR) is 98.6 cm³/mol. The third-order valence-electron chi connectivity index (χ3n) is 4.01. The van der Waals surface area contributed by atoms with Crippen LogP contribution in [0.25, 0.3) is 21.8 Å². The summed E-state index contributed by atoms with van der Waals surface area (Å²) in [4.78, 5) is 20.8. The van der Waals surface area contributed by atoms with Crippen molar-refractivity contribution in [3.05, 3.63) is 58.5 Å². The molecule has 0 aliphatic carbocycles. The number of hydrogen-bond donors (Lipinski definition) is 3. The van der Waals surface area contributed by atoms with Crippen molar-refractivity contribution < 1.29 is 4.79 Å². The highest BCUT2D eigenvalue weighted by Crippen LogP contribution is 2.29. The number of rotatable bonds is 4. The van der Waals surface area contributed by atoms with Gasteiger partial charge in [0, 0.05) is 46.6 Å². The van der Waals surface area contributed by atoms with Crippen LogP contribution in [0.5, 0.6) is 0 Å². The van der Waals surface area contributed by atoms with E-state index in [0.717, 1.165) is 34.0 Å². The summed E-state index contributed by atoms with van der Waals surface area (Å²) in [6.07, 6.45) is 1.67. The first-order chi connectivity index (χ1) is 11.8. The largest absolute Gasteiger partial charge is 0.380 e. The number of aromatic amines is 1. The van der Waals surface area contributed by atoms with Crippen molar-refractivity contribution >= 4 is 44.7 Å². The molecule has 6 heteroatoms. The van der Waals surface area contributed by atoms with Gasteiger partial charge in [0.25, 0.3) is 5.91 Å². The number of anilines is 1. The summed E-state index contributed by atoms with van der Waals surface area (Å²) >= 11 is 1.74. The topological polar surface area (TPSA) is 69.8 Å². The highest BCUT2D eigenvalue weighted by Gasteiger charge is 2.14. The van der Waals surface area contributed by atoms with E-state index in [1.54, 1.807) is 24.6 Å². The van der Waals surface area contributed by atoms with E-state index in [4.69, 9.17) is 0 Å². The molecular weight excluding hydrogens is 320 g/mol. The van der Waals surface area contributed by atoms with Crippen molar-refractivity contribution in [3.63, 3.8) is 0 Å². The van der Waals surface area contributed by atoms with E-state index in [9.17, 15) is 4.79 Å². The van der Waals surface area contributed by atoms with E-state index in [0.29, 0.717) is 5.69 Å². The zero-order valence-corrected chi connectivity index (χ0v) is 13.9. The van der Waals surface area contributed by atoms with Crippen molar-refractivity contribution in [2.45, 2.75) is 6.54 Å². The lowest BCUT2D eigenvalue weighted by Crippen LogP contribution is -2.19. The average molecular weight is 336 g/mol. The molecule has 5 nitrogen and oxygen atoms in total. The van der Waals surface area contributed by atoms with Gasteiger partial charge < -0.3 is 15.6 Å². The van der Waals surface area contributed by atoms with Crippen molar-refractivity contribution in [1.82, 2.24) is 15.3 Å². The first-order valence-corrected chi connectivity index (χ1v) is 8.53. The van der Waals surface area contributed by atoms with Crippen LogP contribution in [0.1, 0.15) is 15.4 Å². The lowest BCUT2D eigenvalue weighted by Gasteiger charge is -2.05. The molecule has 0 aliphatic heterocycles. The lowest BCUT2D eigenvalue weighted by molar-refractivity contribution is 0.0960. The summed E-state index contributed by atoms with van der Waals surface area (Å²) in [5, 5.41) is 10.2.